The Morgan fingerprint density at radius 3 is 2.53 bits per heavy atom. The minimum Gasteiger partial charge on any atom is -0.382 e. The average Bonchev–Trinajstić information content (AvgIpc) is 2.33. The molecule has 2 aromatic rings. The lowest BCUT2D eigenvalue weighted by molar-refractivity contribution is 1.05. The smallest absolute Gasteiger partial charge is 0.146 e. The van der Waals surface area contributed by atoms with Gasteiger partial charge in [0.1, 0.15) is 22.2 Å². The number of nitrogens with zero attached hydrogens (tertiary/aromatic N) is 2. The van der Waals surface area contributed by atoms with Gasteiger partial charge in [-0.25, -0.2) is 9.97 Å². The molecule has 0 saturated heterocycles. The SMILES string of the molecule is Nc1ncnc(SCc2ccc(Cl)cc2)c1Cl. The molecule has 0 radical (unpaired) electrons. The van der Waals surface area contributed by atoms with Crippen LogP contribution in [-0.2, 0) is 5.75 Å². The van der Waals surface area contributed by atoms with Crippen molar-refractivity contribution < 1.29 is 0 Å². The quantitative estimate of drug-likeness (QED) is 0.691. The molecule has 0 aliphatic rings. The van der Waals surface area contributed by atoms with Gasteiger partial charge in [-0.1, -0.05) is 47.1 Å². The first kappa shape index (κ1) is 12.5. The second-order valence-electron chi connectivity index (χ2n) is 3.29. The lowest BCUT2D eigenvalue weighted by Crippen LogP contribution is -1.94. The third kappa shape index (κ3) is 3.25. The van der Waals surface area contributed by atoms with Crippen molar-refractivity contribution in [1.82, 2.24) is 9.97 Å². The lowest BCUT2D eigenvalue weighted by atomic mass is 10.2. The normalized spacial score (nSPS) is 10.5. The Morgan fingerprint density at radius 1 is 1.12 bits per heavy atom. The zero-order valence-corrected chi connectivity index (χ0v) is 11.1. The molecule has 2 rings (SSSR count). The van der Waals surface area contributed by atoms with Crippen LogP contribution >= 0.6 is 35.0 Å². The number of nitrogen functional groups attached to an aromatic ring is 1. The average molecular weight is 286 g/mol. The van der Waals surface area contributed by atoms with E-state index in [-0.39, 0.29) is 0 Å². The maximum atomic E-state index is 5.99. The number of rotatable bonds is 3. The molecule has 1 aromatic heterocycles. The fourth-order valence-corrected chi connectivity index (χ4v) is 2.44. The molecule has 0 amide bonds. The van der Waals surface area contributed by atoms with Crippen LogP contribution in [0.5, 0.6) is 0 Å². The first-order valence-electron chi connectivity index (χ1n) is 4.80. The predicted octanol–water partition coefficient (Wildman–Crippen LogP) is 3.66. The molecule has 0 spiro atoms. The van der Waals surface area contributed by atoms with E-state index in [9.17, 15) is 0 Å². The van der Waals surface area contributed by atoms with Gasteiger partial charge in [-0.05, 0) is 17.7 Å². The van der Waals surface area contributed by atoms with Crippen molar-refractivity contribution in [2.45, 2.75) is 10.8 Å². The molecule has 3 nitrogen and oxygen atoms in total. The fourth-order valence-electron chi connectivity index (χ4n) is 1.20. The monoisotopic (exact) mass is 285 g/mol. The predicted molar refractivity (Wildman–Crippen MR) is 72.5 cm³/mol. The summed E-state index contributed by atoms with van der Waals surface area (Å²) in [5, 5.41) is 1.82. The first-order chi connectivity index (χ1) is 8.16. The highest BCUT2D eigenvalue weighted by Crippen LogP contribution is 2.30. The first-order valence-corrected chi connectivity index (χ1v) is 6.54. The van der Waals surface area contributed by atoms with Crippen LogP contribution in [0.3, 0.4) is 0 Å². The Kier molecular flexibility index (Phi) is 4.10. The van der Waals surface area contributed by atoms with E-state index in [4.69, 9.17) is 28.9 Å². The van der Waals surface area contributed by atoms with Gasteiger partial charge in [-0.3, -0.25) is 0 Å². The number of halogens is 2. The Morgan fingerprint density at radius 2 is 1.82 bits per heavy atom. The van der Waals surface area contributed by atoms with Gasteiger partial charge >= 0.3 is 0 Å². The number of benzene rings is 1. The molecule has 0 saturated carbocycles. The highest BCUT2D eigenvalue weighted by atomic mass is 35.5. The standard InChI is InChI=1S/C11H9Cl2N3S/c12-8-3-1-7(2-4-8)5-17-11-9(13)10(14)15-6-16-11/h1-4,6H,5H2,(H2,14,15,16). The number of aromatic nitrogens is 2. The summed E-state index contributed by atoms with van der Waals surface area (Å²) < 4.78 is 0. The van der Waals surface area contributed by atoms with Crippen molar-refractivity contribution in [3.8, 4) is 0 Å². The van der Waals surface area contributed by atoms with Gasteiger partial charge in [0, 0.05) is 10.8 Å². The van der Waals surface area contributed by atoms with Crippen molar-refractivity contribution in [1.29, 1.82) is 0 Å². The molecular weight excluding hydrogens is 277 g/mol. The topological polar surface area (TPSA) is 51.8 Å². The van der Waals surface area contributed by atoms with Crippen LogP contribution < -0.4 is 5.73 Å². The largest absolute Gasteiger partial charge is 0.382 e. The van der Waals surface area contributed by atoms with E-state index in [0.717, 1.165) is 16.3 Å². The number of hydrogen-bond donors (Lipinski definition) is 1. The molecule has 6 heteroatoms. The van der Waals surface area contributed by atoms with Crippen LogP contribution in [0.4, 0.5) is 5.82 Å². The number of thioether (sulfide) groups is 1. The molecule has 0 fully saturated rings. The molecule has 0 bridgehead atoms. The Bertz CT molecular complexity index is 517. The van der Waals surface area contributed by atoms with Gasteiger partial charge in [-0.2, -0.15) is 0 Å². The van der Waals surface area contributed by atoms with Gasteiger partial charge < -0.3 is 5.73 Å². The number of anilines is 1. The van der Waals surface area contributed by atoms with E-state index >= 15 is 0 Å². The van der Waals surface area contributed by atoms with Crippen LogP contribution in [0.15, 0.2) is 35.6 Å². The van der Waals surface area contributed by atoms with Crippen molar-refractivity contribution in [3.63, 3.8) is 0 Å². The summed E-state index contributed by atoms with van der Waals surface area (Å²) in [7, 11) is 0. The molecule has 0 aliphatic heterocycles. The third-order valence-corrected chi connectivity index (χ3v) is 3.87. The Balaban J connectivity index is 2.07. The van der Waals surface area contributed by atoms with Gasteiger partial charge in [0.2, 0.25) is 0 Å². The molecule has 0 atom stereocenters. The molecule has 1 heterocycles. The van der Waals surface area contributed by atoms with Gasteiger partial charge in [0.05, 0.1) is 0 Å². The molecule has 0 unspecified atom stereocenters. The maximum absolute atomic E-state index is 5.99. The van der Waals surface area contributed by atoms with E-state index < -0.39 is 0 Å². The lowest BCUT2D eigenvalue weighted by Gasteiger charge is -2.04. The van der Waals surface area contributed by atoms with Crippen molar-refractivity contribution in [2.75, 3.05) is 5.73 Å². The van der Waals surface area contributed by atoms with Gasteiger partial charge in [0.15, 0.2) is 0 Å². The molecule has 0 aliphatic carbocycles. The Hall–Kier alpha value is -0.970. The fraction of sp³-hybridized carbons (Fsp3) is 0.0909. The summed E-state index contributed by atoms with van der Waals surface area (Å²) in [4.78, 5) is 7.90. The summed E-state index contributed by atoms with van der Waals surface area (Å²) >= 11 is 13.3. The zero-order valence-electron chi connectivity index (χ0n) is 8.73. The van der Waals surface area contributed by atoms with Crippen molar-refractivity contribution >= 4 is 40.8 Å². The van der Waals surface area contributed by atoms with Gasteiger partial charge in [0.25, 0.3) is 0 Å². The van der Waals surface area contributed by atoms with Gasteiger partial charge in [-0.15, -0.1) is 0 Å². The van der Waals surface area contributed by atoms with Crippen molar-refractivity contribution in [2.24, 2.45) is 0 Å². The van der Waals surface area contributed by atoms with Crippen LogP contribution in [0.1, 0.15) is 5.56 Å². The summed E-state index contributed by atoms with van der Waals surface area (Å²) in [5.74, 6) is 1.06. The minimum absolute atomic E-state index is 0.306. The molecular formula is C11H9Cl2N3S. The van der Waals surface area contributed by atoms with E-state index in [1.165, 1.54) is 18.1 Å². The zero-order chi connectivity index (χ0) is 12.3. The van der Waals surface area contributed by atoms with Crippen LogP contribution in [0, 0.1) is 0 Å². The number of hydrogen-bond acceptors (Lipinski definition) is 4. The second kappa shape index (κ2) is 5.58. The van der Waals surface area contributed by atoms with Crippen LogP contribution in [-0.4, -0.2) is 9.97 Å². The number of nitrogens with two attached hydrogens (primary N) is 1. The molecule has 88 valence electrons. The highest BCUT2D eigenvalue weighted by molar-refractivity contribution is 7.98. The van der Waals surface area contributed by atoms with Crippen LogP contribution in [0.2, 0.25) is 10.0 Å². The summed E-state index contributed by atoms with van der Waals surface area (Å²) in [6.07, 6.45) is 1.41. The van der Waals surface area contributed by atoms with E-state index in [1.807, 2.05) is 24.3 Å². The van der Waals surface area contributed by atoms with Crippen LogP contribution in [0.25, 0.3) is 0 Å². The highest BCUT2D eigenvalue weighted by Gasteiger charge is 2.07. The molecule has 1 aromatic carbocycles. The van der Waals surface area contributed by atoms with E-state index in [2.05, 4.69) is 9.97 Å². The molecule has 17 heavy (non-hydrogen) atoms. The van der Waals surface area contributed by atoms with E-state index in [1.54, 1.807) is 0 Å². The van der Waals surface area contributed by atoms with Crippen molar-refractivity contribution in [3.05, 3.63) is 46.2 Å². The summed E-state index contributed by atoms with van der Waals surface area (Å²) in [6.45, 7) is 0. The minimum atomic E-state index is 0.306. The summed E-state index contributed by atoms with van der Waals surface area (Å²) in [6, 6.07) is 7.64. The summed E-state index contributed by atoms with van der Waals surface area (Å²) in [5.41, 5.74) is 6.74. The third-order valence-electron chi connectivity index (χ3n) is 2.07. The maximum Gasteiger partial charge on any atom is 0.146 e. The molecule has 2 N–H and O–H groups in total. The Labute approximate surface area is 113 Å². The van der Waals surface area contributed by atoms with E-state index in [0.29, 0.717) is 15.9 Å². The second-order valence-corrected chi connectivity index (χ2v) is 5.07.